The zero-order valence-electron chi connectivity index (χ0n) is 20.9. The van der Waals surface area contributed by atoms with Crippen molar-refractivity contribution in [2.45, 2.75) is 59.4 Å². The molecule has 0 aliphatic rings. The summed E-state index contributed by atoms with van der Waals surface area (Å²) in [6.07, 6.45) is -0.630. The molecule has 1 heterocycles. The number of hydrogen-bond acceptors (Lipinski definition) is 5. The number of carbonyl (C=O) groups is 2. The van der Waals surface area contributed by atoms with E-state index < -0.39 is 23.6 Å². The maximum absolute atomic E-state index is 13.0. The molecule has 35 heavy (non-hydrogen) atoms. The molecule has 0 spiro atoms. The van der Waals surface area contributed by atoms with Crippen LogP contribution in [0.4, 0.5) is 4.79 Å². The van der Waals surface area contributed by atoms with Gasteiger partial charge in [0.1, 0.15) is 17.5 Å². The Hall–Kier alpha value is -3.10. The van der Waals surface area contributed by atoms with Gasteiger partial charge in [-0.05, 0) is 70.0 Å². The molecule has 1 aromatic heterocycles. The third-order valence-corrected chi connectivity index (χ3v) is 5.74. The summed E-state index contributed by atoms with van der Waals surface area (Å²) in [6.45, 7) is 10.5. The highest BCUT2D eigenvalue weighted by Crippen LogP contribution is 2.27. The molecule has 0 fully saturated rings. The molecular weight excluding hydrogens is 468 g/mol. The molecule has 0 radical (unpaired) electrons. The van der Waals surface area contributed by atoms with Crippen molar-refractivity contribution < 1.29 is 19.1 Å². The summed E-state index contributed by atoms with van der Waals surface area (Å²) in [6, 6.07) is 12.7. The third-order valence-electron chi connectivity index (χ3n) is 5.49. The molecule has 8 nitrogen and oxygen atoms in total. The van der Waals surface area contributed by atoms with Gasteiger partial charge in [0.15, 0.2) is 0 Å². The quantitative estimate of drug-likeness (QED) is 0.416. The molecule has 0 saturated heterocycles. The molecule has 2 aromatic carbocycles. The second kappa shape index (κ2) is 11.1. The van der Waals surface area contributed by atoms with Gasteiger partial charge in [-0.3, -0.25) is 9.69 Å². The van der Waals surface area contributed by atoms with E-state index in [0.29, 0.717) is 30.6 Å². The number of nitrogens with zero attached hydrogens (tertiary/aromatic N) is 3. The number of ether oxygens (including phenoxy) is 2. The monoisotopic (exact) mass is 500 g/mol. The first-order valence-corrected chi connectivity index (χ1v) is 12.0. The zero-order chi connectivity index (χ0) is 25.8. The molecule has 0 saturated carbocycles. The topological polar surface area (TPSA) is 99.7 Å². The van der Waals surface area contributed by atoms with Crippen LogP contribution < -0.4 is 5.73 Å². The van der Waals surface area contributed by atoms with E-state index in [2.05, 4.69) is 0 Å². The number of carbonyl (C=O) groups excluding carboxylic acids is 2. The smallest absolute Gasteiger partial charge is 0.411 e. The Kier molecular flexibility index (Phi) is 8.40. The van der Waals surface area contributed by atoms with E-state index in [1.54, 1.807) is 27.7 Å². The van der Waals surface area contributed by atoms with Gasteiger partial charge < -0.3 is 19.8 Å². The first kappa shape index (κ1) is 26.5. The summed E-state index contributed by atoms with van der Waals surface area (Å²) >= 11 is 6.04. The van der Waals surface area contributed by atoms with E-state index in [1.807, 2.05) is 54.0 Å². The maximum atomic E-state index is 13.0. The Morgan fingerprint density at radius 1 is 1.14 bits per heavy atom. The van der Waals surface area contributed by atoms with Crippen LogP contribution in [-0.4, -0.2) is 51.3 Å². The summed E-state index contributed by atoms with van der Waals surface area (Å²) in [5.74, 6) is -0.0234. The van der Waals surface area contributed by atoms with Crippen molar-refractivity contribution in [3.05, 3.63) is 53.3 Å². The van der Waals surface area contributed by atoms with Crippen molar-refractivity contribution in [1.82, 2.24) is 14.5 Å². The van der Waals surface area contributed by atoms with Crippen LogP contribution in [0.25, 0.3) is 22.2 Å². The second-order valence-electron chi connectivity index (χ2n) is 9.27. The predicted molar refractivity (Wildman–Crippen MR) is 137 cm³/mol. The molecule has 9 heteroatoms. The lowest BCUT2D eigenvalue weighted by Gasteiger charge is -2.30. The van der Waals surface area contributed by atoms with Crippen LogP contribution in [0.3, 0.4) is 0 Å². The normalized spacial score (nSPS) is 12.5. The number of nitrogens with two attached hydrogens (primary N) is 1. The summed E-state index contributed by atoms with van der Waals surface area (Å²) in [5.41, 5.74) is 8.49. The van der Waals surface area contributed by atoms with Crippen LogP contribution >= 0.6 is 11.6 Å². The van der Waals surface area contributed by atoms with Gasteiger partial charge in [0.2, 0.25) is 5.91 Å². The zero-order valence-corrected chi connectivity index (χ0v) is 21.6. The fourth-order valence-electron chi connectivity index (χ4n) is 3.66. The summed E-state index contributed by atoms with van der Waals surface area (Å²) in [5, 5.41) is 0.670. The molecule has 0 aliphatic carbocycles. The van der Waals surface area contributed by atoms with Crippen molar-refractivity contribution in [3.63, 3.8) is 0 Å². The van der Waals surface area contributed by atoms with Crippen molar-refractivity contribution in [3.8, 4) is 11.1 Å². The van der Waals surface area contributed by atoms with Crippen LogP contribution in [0.1, 0.15) is 40.4 Å². The molecule has 3 rings (SSSR count). The number of imidazole rings is 1. The number of fused-ring (bicyclic) bond motifs is 1. The Morgan fingerprint density at radius 3 is 2.40 bits per heavy atom. The van der Waals surface area contributed by atoms with E-state index in [9.17, 15) is 9.59 Å². The van der Waals surface area contributed by atoms with Gasteiger partial charge in [-0.2, -0.15) is 0 Å². The predicted octanol–water partition coefficient (Wildman–Crippen LogP) is 5.00. The third kappa shape index (κ3) is 6.74. The Labute approximate surface area is 211 Å². The minimum absolute atomic E-state index is 0.0517. The molecule has 0 bridgehead atoms. The minimum atomic E-state index is -0.880. The first-order chi connectivity index (χ1) is 16.5. The number of amides is 2. The first-order valence-electron chi connectivity index (χ1n) is 11.6. The number of benzene rings is 2. The Bertz CT molecular complexity index is 1180. The number of halogens is 1. The highest BCUT2D eigenvalue weighted by atomic mass is 35.5. The lowest BCUT2D eigenvalue weighted by atomic mass is 10.1. The number of primary amides is 1. The average molecular weight is 501 g/mol. The molecule has 2 amide bonds. The Balaban J connectivity index is 2.03. The molecular formula is C26H33ClN4O4. The molecule has 1 atom stereocenters. The minimum Gasteiger partial charge on any atom is -0.444 e. The maximum Gasteiger partial charge on any atom is 0.411 e. The van der Waals surface area contributed by atoms with E-state index in [1.165, 1.54) is 4.90 Å². The van der Waals surface area contributed by atoms with Gasteiger partial charge >= 0.3 is 6.09 Å². The van der Waals surface area contributed by atoms with Crippen LogP contribution in [0, 0.1) is 0 Å². The van der Waals surface area contributed by atoms with Gasteiger partial charge in [0.05, 0.1) is 24.2 Å². The van der Waals surface area contributed by atoms with E-state index >= 15 is 0 Å². The van der Waals surface area contributed by atoms with Crippen molar-refractivity contribution in [1.29, 1.82) is 0 Å². The van der Waals surface area contributed by atoms with Crippen LogP contribution in [0.5, 0.6) is 0 Å². The summed E-state index contributed by atoms with van der Waals surface area (Å²) < 4.78 is 13.1. The molecule has 2 N–H and O–H groups in total. The number of rotatable bonds is 9. The average Bonchev–Trinajstić information content (AvgIpc) is 3.12. The Morgan fingerprint density at radius 2 is 1.80 bits per heavy atom. The van der Waals surface area contributed by atoms with Crippen molar-refractivity contribution in [2.24, 2.45) is 5.73 Å². The van der Waals surface area contributed by atoms with E-state index in [0.717, 1.165) is 22.2 Å². The van der Waals surface area contributed by atoms with Crippen molar-refractivity contribution >= 4 is 34.6 Å². The number of hydrogen-bond donors (Lipinski definition) is 1. The summed E-state index contributed by atoms with van der Waals surface area (Å²) in [7, 11) is 0. The van der Waals surface area contributed by atoms with Gasteiger partial charge in [-0.1, -0.05) is 29.8 Å². The standard InChI is InChI=1S/C26H33ClN4O4/c1-6-34-14-13-30-22-12-9-19(18-7-10-20(27)11-8-18)15-21(22)29-23(30)16-31(17(2)24(28)32)25(33)35-26(3,4)5/h7-12,15,17H,6,13-14,16H2,1-5H3,(H2,28,32)/t17-/m0/s1. The summed E-state index contributed by atoms with van der Waals surface area (Å²) in [4.78, 5) is 31.1. The molecule has 0 aliphatic heterocycles. The fraction of sp³-hybridized carbons (Fsp3) is 0.423. The van der Waals surface area contributed by atoms with Gasteiger partial charge in [-0.15, -0.1) is 0 Å². The molecule has 188 valence electrons. The number of aromatic nitrogens is 2. The lowest BCUT2D eigenvalue weighted by Crippen LogP contribution is -2.48. The van der Waals surface area contributed by atoms with Crippen LogP contribution in [0.15, 0.2) is 42.5 Å². The SMILES string of the molecule is CCOCCn1c(CN(C(=O)OC(C)(C)C)[C@@H](C)C(N)=O)nc2cc(-c3ccc(Cl)cc3)ccc21. The fourth-order valence-corrected chi connectivity index (χ4v) is 3.78. The molecule has 3 aromatic rings. The van der Waals surface area contributed by atoms with Crippen molar-refractivity contribution in [2.75, 3.05) is 13.2 Å². The largest absolute Gasteiger partial charge is 0.444 e. The lowest BCUT2D eigenvalue weighted by molar-refractivity contribution is -0.122. The van der Waals surface area contributed by atoms with E-state index in [4.69, 9.17) is 31.8 Å². The van der Waals surface area contributed by atoms with E-state index in [-0.39, 0.29) is 6.54 Å². The van der Waals surface area contributed by atoms with Gasteiger partial charge in [-0.25, -0.2) is 9.78 Å². The highest BCUT2D eigenvalue weighted by molar-refractivity contribution is 6.30. The van der Waals surface area contributed by atoms with Crippen LogP contribution in [0.2, 0.25) is 5.02 Å². The highest BCUT2D eigenvalue weighted by Gasteiger charge is 2.30. The van der Waals surface area contributed by atoms with Gasteiger partial charge in [0, 0.05) is 18.2 Å². The second-order valence-corrected chi connectivity index (χ2v) is 9.71. The van der Waals surface area contributed by atoms with Crippen LogP contribution in [-0.2, 0) is 27.4 Å². The van der Waals surface area contributed by atoms with Gasteiger partial charge in [0.25, 0.3) is 0 Å². The molecule has 0 unspecified atom stereocenters.